The van der Waals surface area contributed by atoms with Crippen molar-refractivity contribution in [3.63, 3.8) is 0 Å². The summed E-state index contributed by atoms with van der Waals surface area (Å²) >= 11 is 0. The SMILES string of the molecule is CC(=O)c1ccc(N2CCCC2C(=O)O)c(C)c1. The molecule has 0 aliphatic carbocycles. The monoisotopic (exact) mass is 247 g/mol. The van der Waals surface area contributed by atoms with Gasteiger partial charge in [-0.25, -0.2) is 4.79 Å². The molecule has 0 radical (unpaired) electrons. The van der Waals surface area contributed by atoms with Gasteiger partial charge in [0.25, 0.3) is 0 Å². The Hall–Kier alpha value is -1.84. The molecule has 0 spiro atoms. The van der Waals surface area contributed by atoms with Gasteiger partial charge < -0.3 is 10.0 Å². The molecule has 1 aromatic carbocycles. The van der Waals surface area contributed by atoms with E-state index in [0.29, 0.717) is 12.0 Å². The highest BCUT2D eigenvalue weighted by Gasteiger charge is 2.31. The summed E-state index contributed by atoms with van der Waals surface area (Å²) < 4.78 is 0. The average molecular weight is 247 g/mol. The van der Waals surface area contributed by atoms with Gasteiger partial charge in [0.05, 0.1) is 0 Å². The van der Waals surface area contributed by atoms with Crippen molar-refractivity contribution >= 4 is 17.4 Å². The topological polar surface area (TPSA) is 57.6 Å². The van der Waals surface area contributed by atoms with Gasteiger partial charge in [-0.1, -0.05) is 0 Å². The van der Waals surface area contributed by atoms with Gasteiger partial charge in [-0.05, 0) is 50.5 Å². The first-order valence-electron chi connectivity index (χ1n) is 6.11. The van der Waals surface area contributed by atoms with Crippen LogP contribution in [0.15, 0.2) is 18.2 Å². The van der Waals surface area contributed by atoms with Crippen LogP contribution in [0.25, 0.3) is 0 Å². The molecule has 1 saturated heterocycles. The van der Waals surface area contributed by atoms with Crippen LogP contribution in [0.2, 0.25) is 0 Å². The van der Waals surface area contributed by atoms with E-state index in [1.807, 2.05) is 24.0 Å². The lowest BCUT2D eigenvalue weighted by molar-refractivity contribution is -0.138. The highest BCUT2D eigenvalue weighted by atomic mass is 16.4. The lowest BCUT2D eigenvalue weighted by Crippen LogP contribution is -2.36. The number of benzene rings is 1. The average Bonchev–Trinajstić information content (AvgIpc) is 2.77. The molecule has 0 bridgehead atoms. The molecule has 1 unspecified atom stereocenters. The molecule has 96 valence electrons. The zero-order valence-corrected chi connectivity index (χ0v) is 10.6. The maximum Gasteiger partial charge on any atom is 0.326 e. The molecule has 1 atom stereocenters. The lowest BCUT2D eigenvalue weighted by Gasteiger charge is -2.25. The number of carboxylic acids is 1. The predicted molar refractivity (Wildman–Crippen MR) is 69.2 cm³/mol. The van der Waals surface area contributed by atoms with Crippen LogP contribution in [0, 0.1) is 6.92 Å². The van der Waals surface area contributed by atoms with Crippen LogP contribution >= 0.6 is 0 Å². The molecule has 0 amide bonds. The quantitative estimate of drug-likeness (QED) is 0.832. The van der Waals surface area contributed by atoms with Crippen molar-refractivity contribution in [2.45, 2.75) is 32.7 Å². The van der Waals surface area contributed by atoms with E-state index in [9.17, 15) is 14.7 Å². The van der Waals surface area contributed by atoms with Crippen LogP contribution in [0.1, 0.15) is 35.7 Å². The summed E-state index contributed by atoms with van der Waals surface area (Å²) in [6.07, 6.45) is 1.58. The summed E-state index contributed by atoms with van der Waals surface area (Å²) in [7, 11) is 0. The van der Waals surface area contributed by atoms with Crippen molar-refractivity contribution in [2.75, 3.05) is 11.4 Å². The van der Waals surface area contributed by atoms with Crippen LogP contribution in [0.5, 0.6) is 0 Å². The second-order valence-corrected chi connectivity index (χ2v) is 4.75. The van der Waals surface area contributed by atoms with E-state index >= 15 is 0 Å². The van der Waals surface area contributed by atoms with E-state index in [2.05, 4.69) is 0 Å². The summed E-state index contributed by atoms with van der Waals surface area (Å²) in [4.78, 5) is 24.4. The van der Waals surface area contributed by atoms with Crippen LogP contribution in [0.4, 0.5) is 5.69 Å². The van der Waals surface area contributed by atoms with E-state index in [-0.39, 0.29) is 5.78 Å². The first-order chi connectivity index (χ1) is 8.50. The number of Topliss-reactive ketones (excluding diaryl/α,β-unsaturated/α-hetero) is 1. The molecule has 1 heterocycles. The summed E-state index contributed by atoms with van der Waals surface area (Å²) in [5, 5.41) is 9.18. The molecule has 4 nitrogen and oxygen atoms in total. The smallest absolute Gasteiger partial charge is 0.326 e. The van der Waals surface area contributed by atoms with Crippen molar-refractivity contribution in [1.29, 1.82) is 0 Å². The number of rotatable bonds is 3. The first kappa shape index (κ1) is 12.6. The molecule has 0 aromatic heterocycles. The number of carbonyl (C=O) groups excluding carboxylic acids is 1. The van der Waals surface area contributed by atoms with E-state index in [0.717, 1.165) is 24.2 Å². The zero-order valence-electron chi connectivity index (χ0n) is 10.6. The van der Waals surface area contributed by atoms with Crippen LogP contribution in [-0.2, 0) is 4.79 Å². The third-order valence-electron chi connectivity index (χ3n) is 3.45. The Kier molecular flexibility index (Phi) is 3.36. The van der Waals surface area contributed by atoms with Gasteiger partial charge in [0.2, 0.25) is 0 Å². The number of aryl methyl sites for hydroxylation is 1. The van der Waals surface area contributed by atoms with Gasteiger partial charge in [-0.3, -0.25) is 4.79 Å². The largest absolute Gasteiger partial charge is 0.480 e. The second kappa shape index (κ2) is 4.80. The molecular formula is C14H17NO3. The third kappa shape index (κ3) is 2.23. The number of hydrogen-bond acceptors (Lipinski definition) is 3. The van der Waals surface area contributed by atoms with Crippen molar-refractivity contribution in [3.8, 4) is 0 Å². The molecular weight excluding hydrogens is 230 g/mol. The Morgan fingerprint density at radius 1 is 1.39 bits per heavy atom. The molecule has 18 heavy (non-hydrogen) atoms. The van der Waals surface area contributed by atoms with Crippen molar-refractivity contribution in [3.05, 3.63) is 29.3 Å². The molecule has 2 rings (SSSR count). The van der Waals surface area contributed by atoms with Crippen molar-refractivity contribution in [1.82, 2.24) is 0 Å². The maximum absolute atomic E-state index is 11.3. The molecule has 1 N–H and O–H groups in total. The number of carboxylic acid groups (broad SMARTS) is 1. The highest BCUT2D eigenvalue weighted by Crippen LogP contribution is 2.29. The minimum atomic E-state index is -0.775. The predicted octanol–water partition coefficient (Wildman–Crippen LogP) is 2.25. The lowest BCUT2D eigenvalue weighted by atomic mass is 10.1. The Labute approximate surface area is 106 Å². The van der Waals surface area contributed by atoms with Crippen LogP contribution in [0.3, 0.4) is 0 Å². The molecule has 0 saturated carbocycles. The van der Waals surface area contributed by atoms with Crippen LogP contribution < -0.4 is 4.90 Å². The normalized spacial score (nSPS) is 19.0. The number of aliphatic carboxylic acids is 1. The third-order valence-corrected chi connectivity index (χ3v) is 3.45. The van der Waals surface area contributed by atoms with Crippen molar-refractivity contribution in [2.24, 2.45) is 0 Å². The molecule has 1 aromatic rings. The number of ketones is 1. The Morgan fingerprint density at radius 2 is 2.11 bits per heavy atom. The van der Waals surface area contributed by atoms with E-state index in [4.69, 9.17) is 0 Å². The van der Waals surface area contributed by atoms with Gasteiger partial charge in [-0.2, -0.15) is 0 Å². The van der Waals surface area contributed by atoms with Gasteiger partial charge in [-0.15, -0.1) is 0 Å². The van der Waals surface area contributed by atoms with E-state index < -0.39 is 12.0 Å². The van der Waals surface area contributed by atoms with Gasteiger partial charge >= 0.3 is 5.97 Å². The first-order valence-corrected chi connectivity index (χ1v) is 6.11. The number of carbonyl (C=O) groups is 2. The second-order valence-electron chi connectivity index (χ2n) is 4.75. The summed E-state index contributed by atoms with van der Waals surface area (Å²) in [6, 6.07) is 5.01. The minimum Gasteiger partial charge on any atom is -0.480 e. The fraction of sp³-hybridized carbons (Fsp3) is 0.429. The number of nitrogens with zero attached hydrogens (tertiary/aromatic N) is 1. The molecule has 1 aliphatic heterocycles. The zero-order chi connectivity index (χ0) is 13.3. The van der Waals surface area contributed by atoms with Gasteiger partial charge in [0.15, 0.2) is 5.78 Å². The highest BCUT2D eigenvalue weighted by molar-refractivity contribution is 5.95. The fourth-order valence-corrected chi connectivity index (χ4v) is 2.51. The summed E-state index contributed by atoms with van der Waals surface area (Å²) in [6.45, 7) is 4.21. The number of anilines is 1. The number of hydrogen-bond donors (Lipinski definition) is 1. The molecule has 1 aliphatic rings. The van der Waals surface area contributed by atoms with E-state index in [1.54, 1.807) is 6.07 Å². The molecule has 1 fully saturated rings. The standard InChI is InChI=1S/C14H17NO3/c1-9-8-11(10(2)16)5-6-12(9)15-7-3-4-13(15)14(17)18/h5-6,8,13H,3-4,7H2,1-2H3,(H,17,18). The summed E-state index contributed by atoms with van der Waals surface area (Å²) in [5.41, 5.74) is 2.54. The molecule has 4 heteroatoms. The summed E-state index contributed by atoms with van der Waals surface area (Å²) in [5.74, 6) is -0.747. The van der Waals surface area contributed by atoms with Crippen LogP contribution in [-0.4, -0.2) is 29.4 Å². The maximum atomic E-state index is 11.3. The Morgan fingerprint density at radius 3 is 2.67 bits per heavy atom. The van der Waals surface area contributed by atoms with Crippen molar-refractivity contribution < 1.29 is 14.7 Å². The minimum absolute atomic E-state index is 0.0286. The Bertz CT molecular complexity index is 496. The van der Waals surface area contributed by atoms with E-state index in [1.165, 1.54) is 6.92 Å². The Balaban J connectivity index is 2.33. The van der Waals surface area contributed by atoms with Gasteiger partial charge in [0, 0.05) is 17.8 Å². The fourth-order valence-electron chi connectivity index (χ4n) is 2.51. The van der Waals surface area contributed by atoms with Gasteiger partial charge in [0.1, 0.15) is 6.04 Å².